The van der Waals surface area contributed by atoms with Crippen LogP contribution in [0.25, 0.3) is 88.0 Å². The van der Waals surface area contributed by atoms with Crippen molar-refractivity contribution in [2.75, 3.05) is 0 Å². The van der Waals surface area contributed by atoms with Crippen molar-refractivity contribution < 1.29 is 0 Å². The molecular formula is C46H30N2. The summed E-state index contributed by atoms with van der Waals surface area (Å²) in [4.78, 5) is 0. The third kappa shape index (κ3) is 4.06. The maximum Gasteiger partial charge on any atom is 0.0548 e. The van der Waals surface area contributed by atoms with Crippen molar-refractivity contribution >= 4 is 54.4 Å². The van der Waals surface area contributed by atoms with Gasteiger partial charge in [-0.3, -0.25) is 0 Å². The Morgan fingerprint density at radius 3 is 1.42 bits per heavy atom. The molecule has 0 fully saturated rings. The van der Waals surface area contributed by atoms with E-state index in [2.05, 4.69) is 191 Å². The van der Waals surface area contributed by atoms with E-state index >= 15 is 0 Å². The molecule has 0 bridgehead atoms. The van der Waals surface area contributed by atoms with Gasteiger partial charge in [-0.15, -0.1) is 0 Å². The first-order valence-electron chi connectivity index (χ1n) is 16.5. The molecule has 8 aromatic carbocycles. The second-order valence-corrected chi connectivity index (χ2v) is 12.6. The average Bonchev–Trinajstić information content (AvgIpc) is 3.67. The van der Waals surface area contributed by atoms with E-state index in [0.29, 0.717) is 0 Å². The maximum atomic E-state index is 2.47. The van der Waals surface area contributed by atoms with Gasteiger partial charge in [0.15, 0.2) is 0 Å². The zero-order valence-corrected chi connectivity index (χ0v) is 26.2. The smallest absolute Gasteiger partial charge is 0.0548 e. The molecule has 0 unspecified atom stereocenters. The van der Waals surface area contributed by atoms with Crippen LogP contribution in [0.1, 0.15) is 0 Å². The molecule has 2 nitrogen and oxygen atoms in total. The van der Waals surface area contributed by atoms with Gasteiger partial charge in [0, 0.05) is 32.9 Å². The molecule has 0 radical (unpaired) electrons. The topological polar surface area (TPSA) is 9.86 Å². The number of benzene rings is 8. The Bertz CT molecular complexity index is 2750. The number of para-hydroxylation sites is 2. The molecule has 0 amide bonds. The van der Waals surface area contributed by atoms with Crippen LogP contribution in [0, 0.1) is 0 Å². The molecule has 0 N–H and O–H groups in total. The lowest BCUT2D eigenvalue weighted by atomic mass is 9.98. The van der Waals surface area contributed by atoms with E-state index in [4.69, 9.17) is 0 Å². The molecule has 10 rings (SSSR count). The molecule has 2 heterocycles. The highest BCUT2D eigenvalue weighted by atomic mass is 15.0. The third-order valence-electron chi connectivity index (χ3n) is 9.84. The van der Waals surface area contributed by atoms with Gasteiger partial charge in [0.25, 0.3) is 0 Å². The summed E-state index contributed by atoms with van der Waals surface area (Å²) < 4.78 is 4.90. The normalized spacial score (nSPS) is 11.8. The van der Waals surface area contributed by atoms with E-state index in [-0.39, 0.29) is 0 Å². The first kappa shape index (κ1) is 26.8. The Morgan fingerprint density at radius 2 is 0.771 bits per heavy atom. The van der Waals surface area contributed by atoms with Gasteiger partial charge < -0.3 is 9.13 Å². The predicted octanol–water partition coefficient (Wildman–Crippen LogP) is 12.4. The Morgan fingerprint density at radius 1 is 0.271 bits per heavy atom. The van der Waals surface area contributed by atoms with Crippen molar-refractivity contribution in [1.29, 1.82) is 0 Å². The highest BCUT2D eigenvalue weighted by Crippen LogP contribution is 2.44. The lowest BCUT2D eigenvalue weighted by Crippen LogP contribution is -1.96. The van der Waals surface area contributed by atoms with Gasteiger partial charge in [-0.1, -0.05) is 121 Å². The number of rotatable bonds is 4. The molecule has 48 heavy (non-hydrogen) atoms. The summed E-state index contributed by atoms with van der Waals surface area (Å²) in [6.45, 7) is 0. The van der Waals surface area contributed by atoms with E-state index in [1.54, 1.807) is 0 Å². The molecule has 224 valence electrons. The predicted molar refractivity (Wildman–Crippen MR) is 203 cm³/mol. The zero-order valence-electron chi connectivity index (χ0n) is 26.2. The van der Waals surface area contributed by atoms with Crippen LogP contribution in [0.4, 0.5) is 0 Å². The van der Waals surface area contributed by atoms with Crippen LogP contribution < -0.4 is 0 Å². The van der Waals surface area contributed by atoms with Crippen molar-refractivity contribution in [1.82, 2.24) is 9.13 Å². The number of hydrogen-bond donors (Lipinski definition) is 0. The molecule has 0 aliphatic heterocycles. The highest BCUT2D eigenvalue weighted by Gasteiger charge is 2.21. The highest BCUT2D eigenvalue weighted by molar-refractivity contribution is 6.30. The Hall–Kier alpha value is -6.38. The number of nitrogens with zero attached hydrogens (tertiary/aromatic N) is 2. The van der Waals surface area contributed by atoms with Crippen molar-refractivity contribution in [2.45, 2.75) is 0 Å². The van der Waals surface area contributed by atoms with Crippen molar-refractivity contribution in [3.8, 4) is 33.6 Å². The van der Waals surface area contributed by atoms with Crippen molar-refractivity contribution in [3.63, 3.8) is 0 Å². The number of aromatic nitrogens is 2. The minimum absolute atomic E-state index is 1.15. The van der Waals surface area contributed by atoms with Gasteiger partial charge in [0.05, 0.1) is 22.1 Å². The van der Waals surface area contributed by atoms with Crippen LogP contribution in [0.5, 0.6) is 0 Å². The monoisotopic (exact) mass is 610 g/mol. The van der Waals surface area contributed by atoms with E-state index in [1.807, 2.05) is 0 Å². The number of hydrogen-bond acceptors (Lipinski definition) is 0. The summed E-state index contributed by atoms with van der Waals surface area (Å²) >= 11 is 0. The molecule has 0 spiro atoms. The standard InChI is InChI=1S/C46H30N2/c1-4-14-31(15-5-1)35-26-36(32-16-6-2-7-17-32)28-38(27-35)48-41-23-13-12-22-39(41)45-42(48)24-25-43-46(45)40-29-33-18-10-11-19-34(33)30-44(40)47(43)37-20-8-3-9-21-37/h1-30H. The molecule has 2 heteroatoms. The van der Waals surface area contributed by atoms with Crippen LogP contribution >= 0.6 is 0 Å². The minimum atomic E-state index is 1.15. The summed E-state index contributed by atoms with van der Waals surface area (Å²) in [7, 11) is 0. The first-order valence-corrected chi connectivity index (χ1v) is 16.5. The van der Waals surface area contributed by atoms with Gasteiger partial charge in [0.1, 0.15) is 0 Å². The van der Waals surface area contributed by atoms with Gasteiger partial charge in [-0.05, 0) is 93.7 Å². The quantitative estimate of drug-likeness (QED) is 0.188. The van der Waals surface area contributed by atoms with Crippen LogP contribution in [-0.2, 0) is 0 Å². The van der Waals surface area contributed by atoms with Crippen molar-refractivity contribution in [3.05, 3.63) is 182 Å². The first-order chi connectivity index (χ1) is 23.8. The summed E-state index contributed by atoms with van der Waals surface area (Å²) in [5.74, 6) is 0. The molecule has 10 aromatic rings. The van der Waals surface area contributed by atoms with Gasteiger partial charge in [-0.25, -0.2) is 0 Å². The molecular weight excluding hydrogens is 581 g/mol. The Kier molecular flexibility index (Phi) is 5.91. The fourth-order valence-corrected chi connectivity index (χ4v) is 7.72. The SMILES string of the molecule is c1ccc(-c2cc(-c3ccccc3)cc(-n3c4ccccc4c4c5c6cc7ccccc7cc6n(-c6ccccc6)c5ccc43)c2)cc1. The summed E-state index contributed by atoms with van der Waals surface area (Å²) in [6.07, 6.45) is 0. The zero-order chi connectivity index (χ0) is 31.6. The van der Waals surface area contributed by atoms with Gasteiger partial charge >= 0.3 is 0 Å². The second kappa shape index (κ2) is 10.6. The summed E-state index contributed by atoms with van der Waals surface area (Å²) in [5, 5.41) is 7.59. The third-order valence-corrected chi connectivity index (χ3v) is 9.84. The fourth-order valence-electron chi connectivity index (χ4n) is 7.72. The fraction of sp³-hybridized carbons (Fsp3) is 0. The largest absolute Gasteiger partial charge is 0.309 e. The molecule has 2 aromatic heterocycles. The van der Waals surface area contributed by atoms with Crippen LogP contribution in [0.2, 0.25) is 0 Å². The maximum absolute atomic E-state index is 2.47. The molecule has 0 saturated heterocycles. The number of fused-ring (bicyclic) bond motifs is 8. The minimum Gasteiger partial charge on any atom is -0.309 e. The Labute approximate surface area is 278 Å². The molecule has 0 saturated carbocycles. The van der Waals surface area contributed by atoms with E-state index < -0.39 is 0 Å². The summed E-state index contributed by atoms with van der Waals surface area (Å²) in [5.41, 5.74) is 12.0. The van der Waals surface area contributed by atoms with Crippen LogP contribution in [0.15, 0.2) is 182 Å². The van der Waals surface area contributed by atoms with Crippen LogP contribution in [0.3, 0.4) is 0 Å². The van der Waals surface area contributed by atoms with E-state index in [0.717, 1.165) is 5.69 Å². The Balaban J connectivity index is 1.35. The molecule has 0 aliphatic carbocycles. The van der Waals surface area contributed by atoms with E-state index in [9.17, 15) is 0 Å². The lowest BCUT2D eigenvalue weighted by molar-refractivity contribution is 1.17. The average molecular weight is 611 g/mol. The van der Waals surface area contributed by atoms with Gasteiger partial charge in [0.2, 0.25) is 0 Å². The molecule has 0 aliphatic rings. The summed E-state index contributed by atoms with van der Waals surface area (Å²) in [6, 6.07) is 66.2. The van der Waals surface area contributed by atoms with E-state index in [1.165, 1.54) is 82.3 Å². The van der Waals surface area contributed by atoms with Crippen molar-refractivity contribution in [2.24, 2.45) is 0 Å². The second-order valence-electron chi connectivity index (χ2n) is 12.6. The lowest BCUT2D eigenvalue weighted by Gasteiger charge is -2.14. The van der Waals surface area contributed by atoms with Crippen LogP contribution in [-0.4, -0.2) is 9.13 Å². The van der Waals surface area contributed by atoms with Gasteiger partial charge in [-0.2, -0.15) is 0 Å². The molecule has 0 atom stereocenters.